The number of amides is 6. The van der Waals surface area contributed by atoms with Crippen molar-refractivity contribution in [2.75, 3.05) is 118 Å². The Morgan fingerprint density at radius 1 is 0.678 bits per heavy atom. The van der Waals surface area contributed by atoms with Crippen LogP contribution in [0.25, 0.3) is 0 Å². The molecule has 0 aliphatic carbocycles. The molecule has 1 unspecified atom stereocenters. The minimum Gasteiger partial charge on any atom is -0.444 e. The fourth-order valence-electron chi connectivity index (χ4n) is 5.68. The molecule has 3 rings (SSSR count). The first-order chi connectivity index (χ1) is 28.5. The number of nitrogens with zero attached hydrogens (tertiary/aromatic N) is 1. The zero-order valence-electron chi connectivity index (χ0n) is 34.6. The second-order valence-corrected chi connectivity index (χ2v) is 14.4. The normalized spacial score (nSPS) is 15.4. The van der Waals surface area contributed by atoms with Gasteiger partial charge in [-0.3, -0.25) is 34.2 Å². The van der Waals surface area contributed by atoms with Gasteiger partial charge in [-0.25, -0.2) is 4.79 Å². The third-order valence-corrected chi connectivity index (χ3v) is 8.45. The van der Waals surface area contributed by atoms with Gasteiger partial charge in [-0.1, -0.05) is 12.5 Å². The lowest BCUT2D eigenvalue weighted by Crippen LogP contribution is -2.54. The van der Waals surface area contributed by atoms with Gasteiger partial charge in [0.1, 0.15) is 11.6 Å². The summed E-state index contributed by atoms with van der Waals surface area (Å²) in [5.74, 6) is -2.73. The topological polar surface area (TPSA) is 225 Å². The molecule has 332 valence electrons. The molecular weight excluding hydrogens is 776 g/mol. The highest BCUT2D eigenvalue weighted by Crippen LogP contribution is 2.32. The van der Waals surface area contributed by atoms with E-state index in [1.54, 1.807) is 32.9 Å². The molecule has 6 amide bonds. The number of anilines is 1. The lowest BCUT2D eigenvalue weighted by molar-refractivity contribution is -0.136. The van der Waals surface area contributed by atoms with Gasteiger partial charge < -0.3 is 53.3 Å². The molecule has 3 N–H and O–H groups in total. The van der Waals surface area contributed by atoms with Crippen molar-refractivity contribution in [3.63, 3.8) is 0 Å². The summed E-state index contributed by atoms with van der Waals surface area (Å²) in [6.45, 7) is 12.9. The Morgan fingerprint density at radius 3 is 1.69 bits per heavy atom. The van der Waals surface area contributed by atoms with E-state index in [4.69, 9.17) is 42.6 Å². The van der Waals surface area contributed by atoms with Crippen LogP contribution in [-0.2, 0) is 57.0 Å². The average Bonchev–Trinajstić information content (AvgIpc) is 3.44. The van der Waals surface area contributed by atoms with Gasteiger partial charge in [-0.15, -0.1) is 0 Å². The fraction of sp³-hybridized carbons (Fsp3) is 0.700. The van der Waals surface area contributed by atoms with Crippen LogP contribution in [0.4, 0.5) is 10.5 Å². The number of hydrogen-bond acceptors (Lipinski definition) is 15. The third kappa shape index (κ3) is 20.2. The Balaban J connectivity index is 1.02. The summed E-state index contributed by atoms with van der Waals surface area (Å²) >= 11 is 0. The highest BCUT2D eigenvalue weighted by Gasteiger charge is 2.45. The number of carbonyl (C=O) groups excluding carboxylic acids is 6. The molecule has 2 aliphatic heterocycles. The highest BCUT2D eigenvalue weighted by atomic mass is 16.6. The molecule has 0 saturated carbocycles. The van der Waals surface area contributed by atoms with Crippen LogP contribution in [0.1, 0.15) is 80.0 Å². The molecule has 0 radical (unpaired) electrons. The largest absolute Gasteiger partial charge is 0.444 e. The van der Waals surface area contributed by atoms with Gasteiger partial charge >= 0.3 is 6.09 Å². The van der Waals surface area contributed by atoms with Gasteiger partial charge in [0.2, 0.25) is 17.7 Å². The number of fused-ring (bicyclic) bond motifs is 1. The summed E-state index contributed by atoms with van der Waals surface area (Å²) in [5.41, 5.74) is -0.155. The van der Waals surface area contributed by atoms with E-state index in [2.05, 4.69) is 16.0 Å². The second kappa shape index (κ2) is 28.4. The molecule has 2 aliphatic rings. The predicted octanol–water partition coefficient (Wildman–Crippen LogP) is 2.24. The van der Waals surface area contributed by atoms with Crippen molar-refractivity contribution in [2.45, 2.75) is 70.9 Å². The Hall–Kier alpha value is -4.08. The molecule has 1 aromatic carbocycles. The number of hydrogen-bond donors (Lipinski definition) is 3. The zero-order chi connectivity index (χ0) is 42.7. The average molecular weight is 839 g/mol. The van der Waals surface area contributed by atoms with E-state index < -0.39 is 41.4 Å². The highest BCUT2D eigenvalue weighted by molar-refractivity contribution is 6.26. The van der Waals surface area contributed by atoms with Crippen LogP contribution in [0.2, 0.25) is 0 Å². The van der Waals surface area contributed by atoms with E-state index >= 15 is 0 Å². The maximum Gasteiger partial charge on any atom is 0.407 e. The zero-order valence-corrected chi connectivity index (χ0v) is 34.6. The maximum absolute atomic E-state index is 13.2. The van der Waals surface area contributed by atoms with E-state index in [0.29, 0.717) is 119 Å². The summed E-state index contributed by atoms with van der Waals surface area (Å²) in [6, 6.07) is 3.52. The summed E-state index contributed by atoms with van der Waals surface area (Å²) in [4.78, 5) is 75.1. The number of rotatable bonds is 32. The molecule has 1 fully saturated rings. The molecule has 1 atom stereocenters. The number of piperidine rings is 1. The predicted molar refractivity (Wildman–Crippen MR) is 211 cm³/mol. The van der Waals surface area contributed by atoms with Crippen molar-refractivity contribution < 1.29 is 71.4 Å². The van der Waals surface area contributed by atoms with Crippen LogP contribution in [0.5, 0.6) is 0 Å². The van der Waals surface area contributed by atoms with E-state index in [1.165, 1.54) is 6.07 Å². The van der Waals surface area contributed by atoms with Crippen molar-refractivity contribution in [1.82, 2.24) is 15.5 Å². The van der Waals surface area contributed by atoms with Crippen LogP contribution in [-0.4, -0.2) is 164 Å². The first-order valence-electron chi connectivity index (χ1n) is 20.2. The van der Waals surface area contributed by atoms with E-state index in [0.717, 1.165) is 17.7 Å². The van der Waals surface area contributed by atoms with Gasteiger partial charge in [0.25, 0.3) is 11.8 Å². The van der Waals surface area contributed by atoms with Gasteiger partial charge in [-0.2, -0.15) is 0 Å². The summed E-state index contributed by atoms with van der Waals surface area (Å²) in [5, 5.41) is 7.52. The molecule has 19 heteroatoms. The SMILES string of the molecule is CC(C)(C)OC(=O)NCCOCCOCCOCCOCCOCCOCCOCCOCCCCCC(=O)Nc1cccc2c1C(=O)N(C1CCC(=O)NC1=O)C2=O. The molecule has 0 aromatic heterocycles. The Bertz CT molecular complexity index is 1470. The molecular formula is C40H62N4O15. The third-order valence-electron chi connectivity index (χ3n) is 8.45. The number of imide groups is 2. The monoisotopic (exact) mass is 838 g/mol. The Morgan fingerprint density at radius 2 is 1.19 bits per heavy atom. The van der Waals surface area contributed by atoms with Gasteiger partial charge in [-0.05, 0) is 52.2 Å². The minimum atomic E-state index is -1.08. The minimum absolute atomic E-state index is 0.0256. The first-order valence-corrected chi connectivity index (χ1v) is 20.2. The Labute approximate surface area is 345 Å². The van der Waals surface area contributed by atoms with Gasteiger partial charge in [0.05, 0.1) is 116 Å². The van der Waals surface area contributed by atoms with Crippen molar-refractivity contribution in [2.24, 2.45) is 0 Å². The summed E-state index contributed by atoms with van der Waals surface area (Å²) < 4.78 is 49.0. The number of alkyl carbamates (subject to hydrolysis) is 1. The smallest absolute Gasteiger partial charge is 0.407 e. The van der Waals surface area contributed by atoms with Crippen molar-refractivity contribution in [1.29, 1.82) is 0 Å². The quantitative estimate of drug-likeness (QED) is 0.0699. The first kappa shape index (κ1) is 49.3. The number of carbonyl (C=O) groups is 6. The van der Waals surface area contributed by atoms with E-state index in [1.807, 2.05) is 0 Å². The Kier molecular flexibility index (Phi) is 23.7. The van der Waals surface area contributed by atoms with Crippen LogP contribution >= 0.6 is 0 Å². The molecule has 59 heavy (non-hydrogen) atoms. The fourth-order valence-corrected chi connectivity index (χ4v) is 5.68. The van der Waals surface area contributed by atoms with Gasteiger partial charge in [0.15, 0.2) is 0 Å². The van der Waals surface area contributed by atoms with Crippen molar-refractivity contribution in [3.8, 4) is 0 Å². The molecule has 1 aromatic rings. The van der Waals surface area contributed by atoms with Crippen LogP contribution < -0.4 is 16.0 Å². The van der Waals surface area contributed by atoms with E-state index in [-0.39, 0.29) is 42.0 Å². The standard InChI is InChI=1S/C40H62N4O15/c1-40(2,3)59-39(50)41-13-15-52-17-19-54-21-23-56-25-27-58-29-28-57-26-24-55-22-20-53-18-16-51-14-6-4-5-10-33(45)42-31-9-7-8-30-35(31)38(49)44(37(30)48)32-11-12-34(46)43-36(32)47/h7-9,32H,4-6,10-29H2,1-3H3,(H,41,50)(H,42,45)(H,43,46,47). The summed E-state index contributed by atoms with van der Waals surface area (Å²) in [6.07, 6.45) is 1.96. The molecule has 0 spiro atoms. The lowest BCUT2D eigenvalue weighted by atomic mass is 10.0. The molecule has 0 bridgehead atoms. The van der Waals surface area contributed by atoms with Crippen molar-refractivity contribution >= 4 is 41.3 Å². The molecule has 1 saturated heterocycles. The maximum atomic E-state index is 13.2. The van der Waals surface area contributed by atoms with Crippen LogP contribution in [0.3, 0.4) is 0 Å². The number of ether oxygens (including phenoxy) is 9. The number of unbranched alkanes of at least 4 members (excludes halogenated alkanes) is 2. The summed E-state index contributed by atoms with van der Waals surface area (Å²) in [7, 11) is 0. The van der Waals surface area contributed by atoms with Gasteiger partial charge in [0, 0.05) is 26.0 Å². The second-order valence-electron chi connectivity index (χ2n) is 14.4. The van der Waals surface area contributed by atoms with Crippen LogP contribution in [0.15, 0.2) is 18.2 Å². The number of nitrogens with one attached hydrogen (secondary N) is 3. The molecule has 19 nitrogen and oxygen atoms in total. The van der Waals surface area contributed by atoms with E-state index in [9.17, 15) is 28.8 Å². The molecule has 2 heterocycles. The van der Waals surface area contributed by atoms with Crippen molar-refractivity contribution in [3.05, 3.63) is 29.3 Å². The van der Waals surface area contributed by atoms with Crippen LogP contribution in [0, 0.1) is 0 Å². The lowest BCUT2D eigenvalue weighted by Gasteiger charge is -2.27. The number of benzene rings is 1.